The number of amides is 1. The van der Waals surface area contributed by atoms with Crippen molar-refractivity contribution in [2.75, 3.05) is 19.6 Å². The van der Waals surface area contributed by atoms with Crippen LogP contribution in [0.1, 0.15) is 80.7 Å². The van der Waals surface area contributed by atoms with E-state index in [2.05, 4.69) is 5.32 Å². The first-order chi connectivity index (χ1) is 19.8. The molecule has 0 saturated carbocycles. The quantitative estimate of drug-likeness (QED) is 0.346. The molecular weight excluding hydrogens is 554 g/mol. The first-order valence-corrected chi connectivity index (χ1v) is 14.9. The van der Waals surface area contributed by atoms with Crippen LogP contribution in [0.2, 0.25) is 0 Å². The van der Waals surface area contributed by atoms with Gasteiger partial charge in [0, 0.05) is 25.2 Å². The van der Waals surface area contributed by atoms with Crippen LogP contribution in [0.25, 0.3) is 0 Å². The summed E-state index contributed by atoms with van der Waals surface area (Å²) in [4.78, 5) is 55.4. The molecule has 11 heteroatoms. The largest absolute Gasteiger partial charge is 0.459 e. The maximum atomic E-state index is 13.2. The highest BCUT2D eigenvalue weighted by molar-refractivity contribution is 5.82. The summed E-state index contributed by atoms with van der Waals surface area (Å²) in [5.41, 5.74) is -1.24. The molecule has 0 spiro atoms. The molecule has 2 saturated heterocycles. The van der Waals surface area contributed by atoms with Crippen LogP contribution in [-0.4, -0.2) is 94.4 Å². The van der Waals surface area contributed by atoms with Crippen LogP contribution in [0.5, 0.6) is 0 Å². The molecule has 0 aliphatic carbocycles. The van der Waals surface area contributed by atoms with Gasteiger partial charge in [0.2, 0.25) is 0 Å². The monoisotopic (exact) mass is 603 g/mol. The summed E-state index contributed by atoms with van der Waals surface area (Å²) in [5, 5.41) is 3.52. The van der Waals surface area contributed by atoms with Crippen LogP contribution in [0.15, 0.2) is 30.3 Å². The Bertz CT molecular complexity index is 1140. The number of carbonyl (C=O) groups is 4. The van der Waals surface area contributed by atoms with Crippen LogP contribution in [0.3, 0.4) is 0 Å². The third-order valence-corrected chi connectivity index (χ3v) is 6.73. The predicted octanol–water partition coefficient (Wildman–Crippen LogP) is 3.82. The van der Waals surface area contributed by atoms with Crippen molar-refractivity contribution in [2.24, 2.45) is 0 Å². The first-order valence-electron chi connectivity index (χ1n) is 14.9. The van der Waals surface area contributed by atoms with Gasteiger partial charge < -0.3 is 24.3 Å². The van der Waals surface area contributed by atoms with Gasteiger partial charge in [0.15, 0.2) is 0 Å². The standard InChI is InChI=1S/C32H49N3O8/c1-30(2,3)41-26(36)19-34-17-22(15-24(34)27(37)42-31(4,5)6)33-23-16-25(28(38)43-32(7,8)9)35(18-23)29(39)40-20-21-13-11-10-12-14-21/h10-14,22-25,33H,15-20H2,1-9H3/t22-,23+,24-,25-/m0/s1. The molecule has 4 atom stereocenters. The summed E-state index contributed by atoms with van der Waals surface area (Å²) in [6.45, 7) is 16.7. The van der Waals surface area contributed by atoms with Crippen molar-refractivity contribution < 1.29 is 38.1 Å². The van der Waals surface area contributed by atoms with Crippen molar-refractivity contribution in [3.63, 3.8) is 0 Å². The van der Waals surface area contributed by atoms with Crippen molar-refractivity contribution in [3.05, 3.63) is 35.9 Å². The second kappa shape index (κ2) is 13.6. The van der Waals surface area contributed by atoms with Gasteiger partial charge in [-0.25, -0.2) is 9.59 Å². The lowest BCUT2D eigenvalue weighted by Gasteiger charge is -2.27. The number of likely N-dealkylation sites (tertiary alicyclic amines) is 2. The maximum Gasteiger partial charge on any atom is 0.410 e. The van der Waals surface area contributed by atoms with E-state index in [1.54, 1.807) is 67.2 Å². The zero-order valence-electron chi connectivity index (χ0n) is 27.1. The summed E-state index contributed by atoms with van der Waals surface area (Å²) >= 11 is 0. The van der Waals surface area contributed by atoms with Gasteiger partial charge in [0.1, 0.15) is 35.5 Å². The van der Waals surface area contributed by atoms with Gasteiger partial charge in [0.05, 0.1) is 6.54 Å². The highest BCUT2D eigenvalue weighted by Gasteiger charge is 2.46. The Labute approximate surface area is 255 Å². The molecule has 1 amide bonds. The number of hydrogen-bond donors (Lipinski definition) is 1. The molecule has 2 fully saturated rings. The number of rotatable bonds is 8. The van der Waals surface area contributed by atoms with Gasteiger partial charge >= 0.3 is 24.0 Å². The summed E-state index contributed by atoms with van der Waals surface area (Å²) in [6.07, 6.45) is 0.104. The SMILES string of the molecule is CC(C)(C)OC(=O)CN1C[C@@H](N[C@@H]2C[C@@H](C(=O)OC(C)(C)C)N(C(=O)OCc3ccccc3)C2)C[C@H]1C(=O)OC(C)(C)C. The predicted molar refractivity (Wildman–Crippen MR) is 160 cm³/mol. The Morgan fingerprint density at radius 3 is 1.81 bits per heavy atom. The van der Waals surface area contributed by atoms with Gasteiger partial charge in [-0.2, -0.15) is 0 Å². The second-order valence-electron chi connectivity index (χ2n) is 14.3. The minimum Gasteiger partial charge on any atom is -0.459 e. The van der Waals surface area contributed by atoms with Crippen molar-refractivity contribution in [1.29, 1.82) is 0 Å². The van der Waals surface area contributed by atoms with Crippen LogP contribution in [0.4, 0.5) is 4.79 Å². The first kappa shape index (κ1) is 34.3. The van der Waals surface area contributed by atoms with E-state index in [0.29, 0.717) is 19.4 Å². The molecule has 1 N–H and O–H groups in total. The molecule has 3 rings (SSSR count). The molecule has 11 nitrogen and oxygen atoms in total. The number of ether oxygens (including phenoxy) is 4. The van der Waals surface area contributed by atoms with E-state index in [-0.39, 0.29) is 31.8 Å². The number of esters is 3. The molecule has 0 radical (unpaired) electrons. The Kier molecular flexibility index (Phi) is 10.9. The third-order valence-electron chi connectivity index (χ3n) is 6.73. The lowest BCUT2D eigenvalue weighted by Crippen LogP contribution is -2.45. The Morgan fingerprint density at radius 1 is 0.744 bits per heavy atom. The summed E-state index contributed by atoms with van der Waals surface area (Å²) in [5.74, 6) is -1.34. The summed E-state index contributed by atoms with van der Waals surface area (Å²) in [7, 11) is 0. The van der Waals surface area contributed by atoms with E-state index in [1.165, 1.54) is 4.90 Å². The third kappa shape index (κ3) is 11.1. The van der Waals surface area contributed by atoms with E-state index in [4.69, 9.17) is 18.9 Å². The molecule has 1 aromatic rings. The molecule has 2 heterocycles. The molecule has 2 aliphatic rings. The average molecular weight is 604 g/mol. The second-order valence-corrected chi connectivity index (χ2v) is 14.3. The van der Waals surface area contributed by atoms with Gasteiger partial charge in [-0.15, -0.1) is 0 Å². The van der Waals surface area contributed by atoms with Crippen LogP contribution in [0, 0.1) is 0 Å². The summed E-state index contributed by atoms with van der Waals surface area (Å²) in [6, 6.07) is 7.36. The maximum absolute atomic E-state index is 13.2. The van der Waals surface area contributed by atoms with Gasteiger partial charge in [-0.05, 0) is 80.7 Å². The minimum absolute atomic E-state index is 0.0670. The molecule has 43 heavy (non-hydrogen) atoms. The number of benzene rings is 1. The van der Waals surface area contributed by atoms with Gasteiger partial charge in [-0.1, -0.05) is 30.3 Å². The molecule has 0 bridgehead atoms. The van der Waals surface area contributed by atoms with Crippen molar-refractivity contribution in [1.82, 2.24) is 15.1 Å². The fraction of sp³-hybridized carbons (Fsp3) is 0.688. The lowest BCUT2D eigenvalue weighted by molar-refractivity contribution is -0.163. The van der Waals surface area contributed by atoms with Crippen molar-refractivity contribution in [2.45, 2.75) is 123 Å². The topological polar surface area (TPSA) is 124 Å². The van der Waals surface area contributed by atoms with Crippen molar-refractivity contribution >= 4 is 24.0 Å². The highest BCUT2D eigenvalue weighted by atomic mass is 16.6. The zero-order valence-corrected chi connectivity index (χ0v) is 27.1. The van der Waals surface area contributed by atoms with Gasteiger partial charge in [0.25, 0.3) is 0 Å². The van der Waals surface area contributed by atoms with Crippen LogP contribution >= 0.6 is 0 Å². The highest BCUT2D eigenvalue weighted by Crippen LogP contribution is 2.27. The van der Waals surface area contributed by atoms with E-state index in [1.807, 2.05) is 30.3 Å². The normalized spacial score (nSPS) is 23.1. The fourth-order valence-corrected chi connectivity index (χ4v) is 5.24. The lowest BCUT2D eigenvalue weighted by atomic mass is 10.1. The molecule has 0 aromatic heterocycles. The van der Waals surface area contributed by atoms with Crippen LogP contribution in [-0.2, 0) is 39.9 Å². The Morgan fingerprint density at radius 2 is 1.26 bits per heavy atom. The number of nitrogens with one attached hydrogen (secondary N) is 1. The van der Waals surface area contributed by atoms with E-state index < -0.39 is 52.9 Å². The van der Waals surface area contributed by atoms with E-state index in [9.17, 15) is 19.2 Å². The number of hydrogen-bond acceptors (Lipinski definition) is 10. The van der Waals surface area contributed by atoms with Gasteiger partial charge in [-0.3, -0.25) is 19.4 Å². The Balaban J connectivity index is 1.73. The Hall–Kier alpha value is -3.18. The smallest absolute Gasteiger partial charge is 0.410 e. The molecule has 0 unspecified atom stereocenters. The number of nitrogens with zero attached hydrogens (tertiary/aromatic N) is 2. The molecule has 2 aliphatic heterocycles. The minimum atomic E-state index is -0.832. The van der Waals surface area contributed by atoms with Crippen LogP contribution < -0.4 is 5.32 Å². The zero-order chi connectivity index (χ0) is 32.2. The molecule has 1 aromatic carbocycles. The average Bonchev–Trinajstić information content (AvgIpc) is 3.44. The fourth-order valence-electron chi connectivity index (χ4n) is 5.24. The molecule has 240 valence electrons. The van der Waals surface area contributed by atoms with Crippen molar-refractivity contribution in [3.8, 4) is 0 Å². The number of carbonyl (C=O) groups excluding carboxylic acids is 4. The summed E-state index contributed by atoms with van der Waals surface area (Å²) < 4.78 is 22.4. The van der Waals surface area contributed by atoms with E-state index >= 15 is 0 Å². The molecular formula is C32H49N3O8. The van der Waals surface area contributed by atoms with E-state index in [0.717, 1.165) is 5.56 Å².